The van der Waals surface area contributed by atoms with Crippen molar-refractivity contribution in [3.05, 3.63) is 53.7 Å². The van der Waals surface area contributed by atoms with Gasteiger partial charge in [0.1, 0.15) is 0 Å². The molecule has 1 aromatic heterocycles. The van der Waals surface area contributed by atoms with Crippen LogP contribution < -0.4 is 0 Å². The zero-order valence-electron chi connectivity index (χ0n) is 12.9. The quantitative estimate of drug-likeness (QED) is 0.863. The maximum atomic E-state index is 11.0. The highest BCUT2D eigenvalue weighted by Gasteiger charge is 2.40. The second-order valence-electron chi connectivity index (χ2n) is 6.48. The van der Waals surface area contributed by atoms with Gasteiger partial charge in [-0.05, 0) is 49.9 Å². The molecule has 4 unspecified atom stereocenters. The standard InChI is InChI=1S/C19H22N2O/c1-2-13-12-21-10-8-14(13)11-18(21)19(22)16-7-9-20-17-6-4-3-5-15(16)17/h2-7,9,14,18-19,22H,8,10-12H2,1H3. The monoisotopic (exact) mass is 294 g/mol. The summed E-state index contributed by atoms with van der Waals surface area (Å²) in [6, 6.07) is 10.3. The van der Waals surface area contributed by atoms with Gasteiger partial charge in [0, 0.05) is 24.2 Å². The van der Waals surface area contributed by atoms with Crippen LogP contribution in [0.1, 0.15) is 31.4 Å². The lowest BCUT2D eigenvalue weighted by Crippen LogP contribution is -2.52. The Morgan fingerprint density at radius 2 is 2.18 bits per heavy atom. The lowest BCUT2D eigenvalue weighted by molar-refractivity contribution is -0.00340. The summed E-state index contributed by atoms with van der Waals surface area (Å²) in [6.07, 6.45) is 5.95. The fourth-order valence-corrected chi connectivity index (χ4v) is 4.18. The third kappa shape index (κ3) is 2.16. The van der Waals surface area contributed by atoms with E-state index in [0.717, 1.165) is 36.0 Å². The predicted molar refractivity (Wildman–Crippen MR) is 88.5 cm³/mol. The lowest BCUT2D eigenvalue weighted by atomic mass is 9.76. The SMILES string of the molecule is CC=C1CN2CCC1CC2C(O)c1ccnc2ccccc12. The van der Waals surface area contributed by atoms with E-state index in [2.05, 4.69) is 29.0 Å². The molecule has 4 atom stereocenters. The van der Waals surface area contributed by atoms with E-state index in [4.69, 9.17) is 0 Å². The Morgan fingerprint density at radius 1 is 1.32 bits per heavy atom. The number of hydrogen-bond donors (Lipinski definition) is 1. The summed E-state index contributed by atoms with van der Waals surface area (Å²) in [7, 11) is 0. The van der Waals surface area contributed by atoms with E-state index in [-0.39, 0.29) is 6.04 Å². The maximum Gasteiger partial charge on any atom is 0.0952 e. The van der Waals surface area contributed by atoms with Crippen LogP contribution in [-0.2, 0) is 0 Å². The number of nitrogens with zero attached hydrogens (tertiary/aromatic N) is 2. The number of fused-ring (bicyclic) bond motifs is 4. The maximum absolute atomic E-state index is 11.0. The second kappa shape index (κ2) is 5.49. The van der Waals surface area contributed by atoms with Gasteiger partial charge in [-0.3, -0.25) is 9.88 Å². The van der Waals surface area contributed by atoms with Crippen molar-refractivity contribution >= 4 is 10.9 Å². The highest BCUT2D eigenvalue weighted by atomic mass is 16.3. The molecule has 0 spiro atoms. The van der Waals surface area contributed by atoms with Crippen LogP contribution in [0.3, 0.4) is 0 Å². The topological polar surface area (TPSA) is 36.4 Å². The molecule has 3 aliphatic heterocycles. The van der Waals surface area contributed by atoms with Crippen LogP contribution in [0, 0.1) is 5.92 Å². The molecule has 3 nitrogen and oxygen atoms in total. The van der Waals surface area contributed by atoms with Gasteiger partial charge in [0.25, 0.3) is 0 Å². The average molecular weight is 294 g/mol. The number of para-hydroxylation sites is 1. The average Bonchev–Trinajstić information content (AvgIpc) is 2.60. The second-order valence-corrected chi connectivity index (χ2v) is 6.48. The molecular formula is C19H22N2O. The lowest BCUT2D eigenvalue weighted by Gasteiger charge is -2.48. The molecule has 3 aliphatic rings. The molecular weight excluding hydrogens is 272 g/mol. The minimum Gasteiger partial charge on any atom is -0.387 e. The summed E-state index contributed by atoms with van der Waals surface area (Å²) in [5.74, 6) is 0.655. The number of aliphatic hydroxyl groups is 1. The van der Waals surface area contributed by atoms with Crippen molar-refractivity contribution in [3.63, 3.8) is 0 Å². The van der Waals surface area contributed by atoms with E-state index >= 15 is 0 Å². The number of aromatic nitrogens is 1. The Labute approximate surface area is 131 Å². The van der Waals surface area contributed by atoms with E-state index in [1.54, 1.807) is 5.57 Å². The van der Waals surface area contributed by atoms with Crippen molar-refractivity contribution < 1.29 is 5.11 Å². The third-order valence-electron chi connectivity index (χ3n) is 5.41. The van der Waals surface area contributed by atoms with Gasteiger partial charge in [0.2, 0.25) is 0 Å². The van der Waals surface area contributed by atoms with Gasteiger partial charge in [-0.25, -0.2) is 0 Å². The molecule has 3 heteroatoms. The molecule has 2 aromatic rings. The van der Waals surface area contributed by atoms with Crippen molar-refractivity contribution in [2.24, 2.45) is 5.92 Å². The Morgan fingerprint density at radius 3 is 2.95 bits per heavy atom. The first kappa shape index (κ1) is 13.9. The van der Waals surface area contributed by atoms with Crippen molar-refractivity contribution in [1.29, 1.82) is 0 Å². The first-order valence-corrected chi connectivity index (χ1v) is 8.19. The molecule has 114 valence electrons. The summed E-state index contributed by atoms with van der Waals surface area (Å²) >= 11 is 0. The van der Waals surface area contributed by atoms with Crippen molar-refractivity contribution in [2.45, 2.75) is 31.9 Å². The minimum absolute atomic E-state index is 0.230. The number of benzene rings is 1. The normalized spacial score (nSPS) is 30.8. The molecule has 5 rings (SSSR count). The predicted octanol–water partition coefficient (Wildman–Crippen LogP) is 3.31. The van der Waals surface area contributed by atoms with Crippen LogP contribution >= 0.6 is 0 Å². The van der Waals surface area contributed by atoms with E-state index in [9.17, 15) is 5.11 Å². The van der Waals surface area contributed by atoms with Crippen molar-refractivity contribution in [1.82, 2.24) is 9.88 Å². The van der Waals surface area contributed by atoms with Gasteiger partial charge in [-0.15, -0.1) is 0 Å². The first-order valence-electron chi connectivity index (χ1n) is 8.19. The molecule has 0 aliphatic carbocycles. The molecule has 0 amide bonds. The molecule has 0 radical (unpaired) electrons. The molecule has 1 N–H and O–H groups in total. The summed E-state index contributed by atoms with van der Waals surface area (Å²) in [5, 5.41) is 12.1. The number of rotatable bonds is 2. The molecule has 0 saturated carbocycles. The smallest absolute Gasteiger partial charge is 0.0952 e. The Kier molecular flexibility index (Phi) is 3.47. The summed E-state index contributed by atoms with van der Waals surface area (Å²) in [5.41, 5.74) is 3.53. The van der Waals surface area contributed by atoms with Crippen LogP contribution in [0.15, 0.2) is 48.2 Å². The molecule has 22 heavy (non-hydrogen) atoms. The van der Waals surface area contributed by atoms with E-state index < -0.39 is 6.10 Å². The first-order chi connectivity index (χ1) is 10.8. The molecule has 4 heterocycles. The van der Waals surface area contributed by atoms with Crippen LogP contribution in [0.4, 0.5) is 0 Å². The van der Waals surface area contributed by atoms with Gasteiger partial charge in [-0.1, -0.05) is 29.8 Å². The van der Waals surface area contributed by atoms with Crippen LogP contribution in [-0.4, -0.2) is 34.1 Å². The largest absolute Gasteiger partial charge is 0.387 e. The molecule has 2 bridgehead atoms. The fourth-order valence-electron chi connectivity index (χ4n) is 4.18. The summed E-state index contributed by atoms with van der Waals surface area (Å²) in [6.45, 7) is 4.26. The van der Waals surface area contributed by atoms with Crippen molar-refractivity contribution in [3.8, 4) is 0 Å². The zero-order valence-corrected chi connectivity index (χ0v) is 12.9. The van der Waals surface area contributed by atoms with Gasteiger partial charge in [0.15, 0.2) is 0 Å². The summed E-state index contributed by atoms with van der Waals surface area (Å²) in [4.78, 5) is 6.86. The number of piperidine rings is 3. The Hall–Kier alpha value is -1.71. The van der Waals surface area contributed by atoms with Crippen LogP contribution in [0.25, 0.3) is 10.9 Å². The number of hydrogen-bond acceptors (Lipinski definition) is 3. The number of aliphatic hydroxyl groups excluding tert-OH is 1. The Bertz CT molecular complexity index is 719. The Balaban J connectivity index is 1.68. The van der Waals surface area contributed by atoms with Gasteiger partial charge in [-0.2, -0.15) is 0 Å². The summed E-state index contributed by atoms with van der Waals surface area (Å²) < 4.78 is 0. The van der Waals surface area contributed by atoms with Gasteiger partial charge in [0.05, 0.1) is 11.6 Å². The minimum atomic E-state index is -0.436. The fraction of sp³-hybridized carbons (Fsp3) is 0.421. The van der Waals surface area contributed by atoms with E-state index in [0.29, 0.717) is 5.92 Å². The number of pyridine rings is 1. The molecule has 1 aromatic carbocycles. The third-order valence-corrected chi connectivity index (χ3v) is 5.41. The highest BCUT2D eigenvalue weighted by molar-refractivity contribution is 5.82. The van der Waals surface area contributed by atoms with Crippen LogP contribution in [0.5, 0.6) is 0 Å². The van der Waals surface area contributed by atoms with Gasteiger partial charge >= 0.3 is 0 Å². The zero-order chi connectivity index (χ0) is 15.1. The molecule has 3 saturated heterocycles. The van der Waals surface area contributed by atoms with Crippen molar-refractivity contribution in [2.75, 3.05) is 13.1 Å². The van der Waals surface area contributed by atoms with E-state index in [1.807, 2.05) is 30.5 Å². The van der Waals surface area contributed by atoms with Gasteiger partial charge < -0.3 is 5.11 Å². The van der Waals surface area contributed by atoms with Crippen LogP contribution in [0.2, 0.25) is 0 Å². The molecule has 3 fully saturated rings. The highest BCUT2D eigenvalue weighted by Crippen LogP contribution is 2.41. The van der Waals surface area contributed by atoms with E-state index in [1.165, 1.54) is 6.42 Å². The number of allylic oxidation sites excluding steroid dienone is 1.